The Morgan fingerprint density at radius 1 is 0.821 bits per heavy atom. The summed E-state index contributed by atoms with van der Waals surface area (Å²) in [7, 11) is 0. The van der Waals surface area contributed by atoms with Gasteiger partial charge in [-0.15, -0.1) is 0 Å². The molecule has 142 valence electrons. The van der Waals surface area contributed by atoms with Gasteiger partial charge in [0.25, 0.3) is 5.91 Å². The third-order valence-corrected chi connectivity index (χ3v) is 6.04. The molecule has 0 aromatic heterocycles. The number of nitrogens with zero attached hydrogens (tertiary/aromatic N) is 1. The molecular formula is C26H27NO. The van der Waals surface area contributed by atoms with E-state index in [0.717, 1.165) is 23.2 Å². The summed E-state index contributed by atoms with van der Waals surface area (Å²) in [6.07, 6.45) is 0.860. The van der Waals surface area contributed by atoms with Gasteiger partial charge >= 0.3 is 0 Å². The molecule has 1 aliphatic rings. The molecule has 2 nitrogen and oxygen atoms in total. The molecule has 3 aromatic rings. The van der Waals surface area contributed by atoms with E-state index in [2.05, 4.69) is 69.3 Å². The van der Waals surface area contributed by atoms with E-state index in [-0.39, 0.29) is 16.9 Å². The maximum atomic E-state index is 13.6. The first-order valence-electron chi connectivity index (χ1n) is 9.89. The Morgan fingerprint density at radius 2 is 1.43 bits per heavy atom. The standard InChI is InChI=1S/C26H27NO/c1-19-14-16-20(17-15-19)24(28)27-23-13-9-8-12-22(23)26(4,18-25(27,2)3)21-10-6-5-7-11-21/h5-17H,18H2,1-4H3/t26-/m1/s1. The lowest BCUT2D eigenvalue weighted by molar-refractivity contribution is 0.0948. The highest BCUT2D eigenvalue weighted by molar-refractivity contribution is 6.08. The van der Waals surface area contributed by atoms with Crippen LogP contribution in [0.1, 0.15) is 54.2 Å². The van der Waals surface area contributed by atoms with Gasteiger partial charge in [-0.1, -0.05) is 73.2 Å². The number of para-hydroxylation sites is 1. The number of rotatable bonds is 2. The highest BCUT2D eigenvalue weighted by atomic mass is 16.2. The molecule has 4 rings (SSSR count). The number of carbonyl (C=O) groups excluding carboxylic acids is 1. The average molecular weight is 370 g/mol. The minimum atomic E-state index is -0.319. The van der Waals surface area contributed by atoms with Gasteiger partial charge in [-0.05, 0) is 56.5 Å². The van der Waals surface area contributed by atoms with Crippen LogP contribution in [0.2, 0.25) is 0 Å². The van der Waals surface area contributed by atoms with Crippen molar-refractivity contribution in [3.63, 3.8) is 0 Å². The van der Waals surface area contributed by atoms with Crippen molar-refractivity contribution in [2.24, 2.45) is 0 Å². The van der Waals surface area contributed by atoms with Gasteiger partial charge in [0.15, 0.2) is 0 Å². The van der Waals surface area contributed by atoms with Crippen LogP contribution in [0.4, 0.5) is 5.69 Å². The molecule has 0 radical (unpaired) electrons. The summed E-state index contributed by atoms with van der Waals surface area (Å²) < 4.78 is 0. The maximum absolute atomic E-state index is 13.6. The van der Waals surface area contributed by atoms with E-state index in [1.54, 1.807) is 0 Å². The predicted molar refractivity (Wildman–Crippen MR) is 116 cm³/mol. The normalized spacial score (nSPS) is 20.5. The van der Waals surface area contributed by atoms with Gasteiger partial charge < -0.3 is 4.90 Å². The summed E-state index contributed by atoms with van der Waals surface area (Å²) in [5.41, 5.74) is 4.93. The summed E-state index contributed by atoms with van der Waals surface area (Å²) in [5.74, 6) is 0.0626. The second-order valence-corrected chi connectivity index (χ2v) is 8.71. The first-order valence-corrected chi connectivity index (χ1v) is 9.89. The van der Waals surface area contributed by atoms with Crippen LogP contribution in [0.5, 0.6) is 0 Å². The number of aryl methyl sites for hydroxylation is 1. The van der Waals surface area contributed by atoms with Crippen LogP contribution in [0.3, 0.4) is 0 Å². The van der Waals surface area contributed by atoms with Crippen LogP contribution in [-0.2, 0) is 5.41 Å². The van der Waals surface area contributed by atoms with Gasteiger partial charge in [-0.2, -0.15) is 0 Å². The second kappa shape index (κ2) is 6.63. The van der Waals surface area contributed by atoms with Crippen molar-refractivity contribution in [2.45, 2.75) is 45.1 Å². The van der Waals surface area contributed by atoms with E-state index in [1.165, 1.54) is 11.1 Å². The van der Waals surface area contributed by atoms with Crippen molar-refractivity contribution in [3.05, 3.63) is 101 Å². The number of benzene rings is 3. The number of carbonyl (C=O) groups is 1. The molecule has 3 aromatic carbocycles. The van der Waals surface area contributed by atoms with Crippen LogP contribution in [0, 0.1) is 6.92 Å². The van der Waals surface area contributed by atoms with Crippen LogP contribution < -0.4 is 4.90 Å². The zero-order valence-electron chi connectivity index (χ0n) is 17.1. The van der Waals surface area contributed by atoms with Gasteiger partial charge in [-0.25, -0.2) is 0 Å². The Labute approximate surface area is 167 Å². The Kier molecular flexibility index (Phi) is 4.38. The minimum Gasteiger partial charge on any atom is -0.302 e. The molecule has 1 aliphatic heterocycles. The highest BCUT2D eigenvalue weighted by Gasteiger charge is 2.47. The third-order valence-electron chi connectivity index (χ3n) is 6.04. The molecule has 1 heterocycles. The van der Waals surface area contributed by atoms with Gasteiger partial charge in [0.1, 0.15) is 0 Å². The fourth-order valence-electron chi connectivity index (χ4n) is 4.77. The van der Waals surface area contributed by atoms with Gasteiger partial charge in [0.05, 0.1) is 0 Å². The second-order valence-electron chi connectivity index (χ2n) is 8.71. The van der Waals surface area contributed by atoms with Crippen LogP contribution in [0.15, 0.2) is 78.9 Å². The zero-order chi connectivity index (χ0) is 19.9. The average Bonchev–Trinajstić information content (AvgIpc) is 2.68. The van der Waals surface area contributed by atoms with E-state index in [4.69, 9.17) is 0 Å². The van der Waals surface area contributed by atoms with E-state index >= 15 is 0 Å². The van der Waals surface area contributed by atoms with E-state index in [1.807, 2.05) is 42.2 Å². The number of anilines is 1. The molecule has 0 bridgehead atoms. The van der Waals surface area contributed by atoms with Crippen molar-refractivity contribution in [3.8, 4) is 0 Å². The molecule has 0 fully saturated rings. The molecule has 0 unspecified atom stereocenters. The molecule has 0 N–H and O–H groups in total. The lowest BCUT2D eigenvalue weighted by Crippen LogP contribution is -2.55. The number of fused-ring (bicyclic) bond motifs is 1. The topological polar surface area (TPSA) is 20.3 Å². The van der Waals surface area contributed by atoms with Crippen LogP contribution in [-0.4, -0.2) is 11.4 Å². The van der Waals surface area contributed by atoms with Gasteiger partial charge in [0, 0.05) is 22.2 Å². The van der Waals surface area contributed by atoms with Crippen molar-refractivity contribution in [2.75, 3.05) is 4.90 Å². The largest absolute Gasteiger partial charge is 0.302 e. The molecule has 0 spiro atoms. The first kappa shape index (κ1) is 18.5. The fourth-order valence-corrected chi connectivity index (χ4v) is 4.77. The van der Waals surface area contributed by atoms with Gasteiger partial charge in [0.2, 0.25) is 0 Å². The lowest BCUT2D eigenvalue weighted by atomic mass is 9.65. The number of hydrogen-bond acceptors (Lipinski definition) is 1. The van der Waals surface area contributed by atoms with E-state index in [0.29, 0.717) is 0 Å². The number of hydrogen-bond donors (Lipinski definition) is 0. The first-order chi connectivity index (χ1) is 13.3. The molecule has 1 atom stereocenters. The summed E-state index contributed by atoms with van der Waals surface area (Å²) in [6, 6.07) is 26.9. The molecule has 0 saturated heterocycles. The van der Waals surface area contributed by atoms with E-state index < -0.39 is 0 Å². The molecule has 2 heteroatoms. The molecule has 0 saturated carbocycles. The third kappa shape index (κ3) is 2.93. The minimum absolute atomic E-state index is 0.0626. The SMILES string of the molecule is Cc1ccc(C(=O)N2c3ccccc3[C@@](C)(c3ccccc3)CC2(C)C)cc1. The highest BCUT2D eigenvalue weighted by Crippen LogP contribution is 2.50. The van der Waals surface area contributed by atoms with Crippen molar-refractivity contribution >= 4 is 11.6 Å². The molecule has 1 amide bonds. The fraction of sp³-hybridized carbons (Fsp3) is 0.269. The Hall–Kier alpha value is -2.87. The van der Waals surface area contributed by atoms with Crippen LogP contribution in [0.25, 0.3) is 0 Å². The summed E-state index contributed by atoms with van der Waals surface area (Å²) in [4.78, 5) is 15.6. The summed E-state index contributed by atoms with van der Waals surface area (Å²) in [5, 5.41) is 0. The van der Waals surface area contributed by atoms with Crippen molar-refractivity contribution in [1.82, 2.24) is 0 Å². The van der Waals surface area contributed by atoms with E-state index in [9.17, 15) is 4.79 Å². The number of amides is 1. The maximum Gasteiger partial charge on any atom is 0.258 e. The Bertz CT molecular complexity index is 1000. The molecule has 0 aliphatic carbocycles. The Morgan fingerprint density at radius 3 is 2.11 bits per heavy atom. The zero-order valence-corrected chi connectivity index (χ0v) is 17.1. The molecular weight excluding hydrogens is 342 g/mol. The van der Waals surface area contributed by atoms with Crippen molar-refractivity contribution in [1.29, 1.82) is 0 Å². The van der Waals surface area contributed by atoms with Crippen LogP contribution >= 0.6 is 0 Å². The summed E-state index contributed by atoms with van der Waals surface area (Å²) >= 11 is 0. The Balaban J connectivity index is 1.88. The quantitative estimate of drug-likeness (QED) is 0.532. The summed E-state index contributed by atoms with van der Waals surface area (Å²) in [6.45, 7) is 8.70. The smallest absolute Gasteiger partial charge is 0.258 e. The predicted octanol–water partition coefficient (Wildman–Crippen LogP) is 6.13. The lowest BCUT2D eigenvalue weighted by Gasteiger charge is -2.51. The monoisotopic (exact) mass is 369 g/mol. The molecule has 28 heavy (non-hydrogen) atoms. The van der Waals surface area contributed by atoms with Gasteiger partial charge in [-0.3, -0.25) is 4.79 Å². The van der Waals surface area contributed by atoms with Crippen molar-refractivity contribution < 1.29 is 4.79 Å².